The van der Waals surface area contributed by atoms with Gasteiger partial charge in [0.1, 0.15) is 22.9 Å². The Kier molecular flexibility index (Phi) is 7.47. The molecule has 4 rings (SSSR count). The minimum absolute atomic E-state index is 0.130. The van der Waals surface area contributed by atoms with Gasteiger partial charge in [0, 0.05) is 21.6 Å². The van der Waals surface area contributed by atoms with Crippen molar-refractivity contribution in [3.05, 3.63) is 93.2 Å². The molecule has 1 unspecified atom stereocenters. The Morgan fingerprint density at radius 2 is 1.58 bits per heavy atom. The van der Waals surface area contributed by atoms with Crippen molar-refractivity contribution in [2.45, 2.75) is 23.4 Å². The van der Waals surface area contributed by atoms with Crippen LogP contribution < -0.4 is 4.74 Å². The largest absolute Gasteiger partial charge is 0.432 e. The van der Waals surface area contributed by atoms with E-state index in [1.54, 1.807) is 0 Å². The monoisotopic (exact) mass is 635 g/mol. The van der Waals surface area contributed by atoms with Crippen molar-refractivity contribution >= 4 is 44.1 Å². The standard InChI is InChI=1S/C25H13F7INOS/c1-2-19(33)13-4-5-20-21(9-13)36-22(34-20)6-3-12-7-15(26)23(16(27)8-12)25(31,32)35-14-10-17(28)24(30)18(29)11-14/h4-5,7-11,19H,2H2,1H3. The van der Waals surface area contributed by atoms with Crippen LogP contribution in [0.15, 0.2) is 42.5 Å². The second-order valence-electron chi connectivity index (χ2n) is 7.51. The smallest absolute Gasteiger partial charge is 0.429 e. The summed E-state index contributed by atoms with van der Waals surface area (Å²) in [4.78, 5) is 4.35. The molecule has 0 fully saturated rings. The van der Waals surface area contributed by atoms with E-state index in [0.29, 0.717) is 26.6 Å². The molecule has 0 saturated heterocycles. The molecule has 0 bridgehead atoms. The Bertz CT molecular complexity index is 1480. The molecule has 2 nitrogen and oxygen atoms in total. The van der Waals surface area contributed by atoms with E-state index in [1.807, 2.05) is 18.2 Å². The van der Waals surface area contributed by atoms with Crippen LogP contribution in [0.5, 0.6) is 5.75 Å². The van der Waals surface area contributed by atoms with Gasteiger partial charge in [-0.1, -0.05) is 41.5 Å². The summed E-state index contributed by atoms with van der Waals surface area (Å²) >= 11 is 3.61. The lowest BCUT2D eigenvalue weighted by atomic mass is 10.1. The van der Waals surface area contributed by atoms with E-state index < -0.39 is 46.5 Å². The average molecular weight is 635 g/mol. The van der Waals surface area contributed by atoms with E-state index in [1.165, 1.54) is 11.3 Å². The molecule has 0 spiro atoms. The van der Waals surface area contributed by atoms with Crippen LogP contribution in [-0.4, -0.2) is 4.98 Å². The molecular weight excluding hydrogens is 622 g/mol. The predicted octanol–water partition coefficient (Wildman–Crippen LogP) is 8.41. The number of aromatic nitrogens is 1. The number of hydrogen-bond acceptors (Lipinski definition) is 3. The summed E-state index contributed by atoms with van der Waals surface area (Å²) < 4.78 is 103. The number of nitrogens with zero attached hydrogens (tertiary/aromatic N) is 1. The maximum absolute atomic E-state index is 14.5. The molecule has 11 heteroatoms. The molecule has 186 valence electrons. The van der Waals surface area contributed by atoms with Gasteiger partial charge in [-0.25, -0.2) is 26.9 Å². The van der Waals surface area contributed by atoms with Gasteiger partial charge in [-0.2, -0.15) is 8.78 Å². The Labute approximate surface area is 218 Å². The molecule has 0 amide bonds. The number of halogens is 8. The second kappa shape index (κ2) is 10.3. The lowest BCUT2D eigenvalue weighted by Gasteiger charge is -2.19. The highest BCUT2D eigenvalue weighted by atomic mass is 127. The van der Waals surface area contributed by atoms with Gasteiger partial charge in [-0.05, 0) is 42.2 Å². The van der Waals surface area contributed by atoms with E-state index in [9.17, 15) is 30.7 Å². The third-order valence-electron chi connectivity index (χ3n) is 4.98. The molecule has 1 atom stereocenters. The van der Waals surface area contributed by atoms with Gasteiger partial charge in [0.15, 0.2) is 22.5 Å². The highest BCUT2D eigenvalue weighted by Crippen LogP contribution is 2.36. The Morgan fingerprint density at radius 1 is 0.944 bits per heavy atom. The minimum atomic E-state index is -4.67. The van der Waals surface area contributed by atoms with Gasteiger partial charge >= 0.3 is 6.11 Å². The van der Waals surface area contributed by atoms with Crippen LogP contribution in [0.25, 0.3) is 10.2 Å². The maximum atomic E-state index is 14.5. The Morgan fingerprint density at radius 3 is 2.19 bits per heavy atom. The molecule has 0 radical (unpaired) electrons. The van der Waals surface area contributed by atoms with Gasteiger partial charge in [0.25, 0.3) is 0 Å². The van der Waals surface area contributed by atoms with Crippen LogP contribution in [0.3, 0.4) is 0 Å². The quantitative estimate of drug-likeness (QED) is 0.0723. The zero-order chi connectivity index (χ0) is 26.2. The lowest BCUT2D eigenvalue weighted by molar-refractivity contribution is -0.189. The van der Waals surface area contributed by atoms with E-state index in [4.69, 9.17) is 0 Å². The second-order valence-corrected chi connectivity index (χ2v) is 10.0. The average Bonchev–Trinajstić information content (AvgIpc) is 3.22. The van der Waals surface area contributed by atoms with E-state index in [0.717, 1.165) is 16.7 Å². The summed E-state index contributed by atoms with van der Waals surface area (Å²) in [6.07, 6.45) is -3.72. The minimum Gasteiger partial charge on any atom is -0.429 e. The number of thiazole rings is 1. The van der Waals surface area contributed by atoms with Crippen molar-refractivity contribution < 1.29 is 35.5 Å². The topological polar surface area (TPSA) is 22.1 Å². The molecule has 0 saturated carbocycles. The van der Waals surface area contributed by atoms with Gasteiger partial charge in [-0.3, -0.25) is 0 Å². The molecular formula is C25H13F7INOS. The zero-order valence-corrected chi connectivity index (χ0v) is 21.1. The SMILES string of the molecule is CCC(I)c1ccc2nc(C#Cc3cc(F)c(C(F)(F)Oc4cc(F)c(F)c(F)c4)c(F)c3)sc2c1. The van der Waals surface area contributed by atoms with Gasteiger partial charge in [-0.15, -0.1) is 11.3 Å². The molecule has 1 heterocycles. The number of alkyl halides is 3. The fraction of sp³-hybridized carbons (Fsp3) is 0.160. The maximum Gasteiger partial charge on any atom is 0.432 e. The first kappa shape index (κ1) is 26.2. The summed E-state index contributed by atoms with van der Waals surface area (Å²) in [7, 11) is 0. The fourth-order valence-electron chi connectivity index (χ4n) is 3.26. The van der Waals surface area contributed by atoms with Gasteiger partial charge in [0.2, 0.25) is 0 Å². The summed E-state index contributed by atoms with van der Waals surface area (Å²) in [6, 6.07) is 7.21. The van der Waals surface area contributed by atoms with Crippen molar-refractivity contribution in [3.63, 3.8) is 0 Å². The lowest BCUT2D eigenvalue weighted by Crippen LogP contribution is -2.25. The number of rotatable bonds is 5. The summed E-state index contributed by atoms with van der Waals surface area (Å²) in [5, 5.41) is 0.363. The Balaban J connectivity index is 1.61. The Hall–Kier alpha value is -2.85. The van der Waals surface area contributed by atoms with Gasteiger partial charge < -0.3 is 4.74 Å². The molecule has 1 aromatic heterocycles. The molecule has 0 aliphatic rings. The third-order valence-corrected chi connectivity index (χ3v) is 7.52. The normalized spacial score (nSPS) is 12.4. The predicted molar refractivity (Wildman–Crippen MR) is 130 cm³/mol. The first-order chi connectivity index (χ1) is 17.0. The number of ether oxygens (including phenoxy) is 1. The number of benzene rings is 3. The zero-order valence-electron chi connectivity index (χ0n) is 18.1. The van der Waals surface area contributed by atoms with Crippen molar-refractivity contribution in [3.8, 4) is 17.6 Å². The van der Waals surface area contributed by atoms with E-state index in [2.05, 4.69) is 51.1 Å². The van der Waals surface area contributed by atoms with Crippen LogP contribution >= 0.6 is 33.9 Å². The van der Waals surface area contributed by atoms with Gasteiger partial charge in [0.05, 0.1) is 10.2 Å². The van der Waals surface area contributed by atoms with Crippen LogP contribution in [0.2, 0.25) is 0 Å². The van der Waals surface area contributed by atoms with Crippen LogP contribution in [0.1, 0.15) is 39.0 Å². The first-order valence-corrected chi connectivity index (χ1v) is 12.3. The van der Waals surface area contributed by atoms with Crippen LogP contribution in [-0.2, 0) is 6.11 Å². The highest BCUT2D eigenvalue weighted by molar-refractivity contribution is 14.1. The fourth-order valence-corrected chi connectivity index (χ4v) is 4.52. The first-order valence-electron chi connectivity index (χ1n) is 10.3. The molecule has 0 N–H and O–H groups in total. The van der Waals surface area contributed by atoms with E-state index >= 15 is 0 Å². The number of hydrogen-bond donors (Lipinski definition) is 0. The molecule has 0 aliphatic carbocycles. The summed E-state index contributed by atoms with van der Waals surface area (Å²) in [5.74, 6) is -4.92. The summed E-state index contributed by atoms with van der Waals surface area (Å²) in [5.41, 5.74) is -0.217. The van der Waals surface area contributed by atoms with Crippen LogP contribution in [0, 0.1) is 40.9 Å². The van der Waals surface area contributed by atoms with E-state index in [-0.39, 0.29) is 17.7 Å². The van der Waals surface area contributed by atoms with Crippen molar-refractivity contribution in [1.82, 2.24) is 4.98 Å². The molecule has 36 heavy (non-hydrogen) atoms. The molecule has 4 aromatic rings. The molecule has 0 aliphatic heterocycles. The number of fused-ring (bicyclic) bond motifs is 1. The third kappa shape index (κ3) is 5.44. The van der Waals surface area contributed by atoms with Crippen molar-refractivity contribution in [2.24, 2.45) is 0 Å². The summed E-state index contributed by atoms with van der Waals surface area (Å²) in [6.45, 7) is 2.07. The highest BCUT2D eigenvalue weighted by Gasteiger charge is 2.41. The molecule has 3 aromatic carbocycles. The van der Waals surface area contributed by atoms with Crippen LogP contribution in [0.4, 0.5) is 30.7 Å². The van der Waals surface area contributed by atoms with Crippen molar-refractivity contribution in [1.29, 1.82) is 0 Å². The van der Waals surface area contributed by atoms with Crippen molar-refractivity contribution in [2.75, 3.05) is 0 Å².